The van der Waals surface area contributed by atoms with Crippen LogP contribution in [0.1, 0.15) is 32.6 Å². The fourth-order valence-electron chi connectivity index (χ4n) is 3.35. The molecule has 2 fully saturated rings. The molecule has 0 saturated carbocycles. The van der Waals surface area contributed by atoms with Crippen LogP contribution in [0.4, 0.5) is 0 Å². The van der Waals surface area contributed by atoms with E-state index in [-0.39, 0.29) is 0 Å². The van der Waals surface area contributed by atoms with E-state index in [0.717, 1.165) is 19.0 Å². The molecule has 0 aliphatic carbocycles. The van der Waals surface area contributed by atoms with Crippen molar-refractivity contribution >= 4 is 0 Å². The molecule has 0 spiro atoms. The molecule has 2 saturated heterocycles. The van der Waals surface area contributed by atoms with Gasteiger partial charge in [-0.1, -0.05) is 6.92 Å². The summed E-state index contributed by atoms with van der Waals surface area (Å²) in [6.45, 7) is 8.10. The Balaban J connectivity index is 2.03. The molecule has 94 valence electrons. The van der Waals surface area contributed by atoms with Gasteiger partial charge < -0.3 is 10.6 Å². The first kappa shape index (κ1) is 12.3. The molecule has 2 unspecified atom stereocenters. The van der Waals surface area contributed by atoms with E-state index in [1.54, 1.807) is 0 Å². The topological polar surface area (TPSA) is 32.5 Å². The monoisotopic (exact) mass is 225 g/mol. The number of nitrogens with zero attached hydrogens (tertiary/aromatic N) is 2. The van der Waals surface area contributed by atoms with Crippen molar-refractivity contribution in [2.24, 2.45) is 11.7 Å². The molecule has 2 rings (SSSR count). The normalized spacial score (nSPS) is 38.8. The molecule has 0 amide bonds. The van der Waals surface area contributed by atoms with Crippen LogP contribution < -0.4 is 5.73 Å². The summed E-state index contributed by atoms with van der Waals surface area (Å²) in [6.07, 6.45) is 5.36. The summed E-state index contributed by atoms with van der Waals surface area (Å²) >= 11 is 0. The second-order valence-electron chi connectivity index (χ2n) is 5.94. The minimum absolute atomic E-state index is 0.290. The number of likely N-dealkylation sites (N-methyl/N-ethyl adjacent to an activating group) is 1. The third-order valence-electron chi connectivity index (χ3n) is 4.59. The first-order chi connectivity index (χ1) is 7.66. The van der Waals surface area contributed by atoms with Crippen molar-refractivity contribution in [2.75, 3.05) is 39.8 Å². The summed E-state index contributed by atoms with van der Waals surface area (Å²) in [5.74, 6) is 0.902. The number of rotatable bonds is 2. The molecule has 3 nitrogen and oxygen atoms in total. The predicted molar refractivity (Wildman–Crippen MR) is 68.5 cm³/mol. The Kier molecular flexibility index (Phi) is 3.88. The quantitative estimate of drug-likeness (QED) is 0.765. The lowest BCUT2D eigenvalue weighted by Gasteiger charge is -2.40. The van der Waals surface area contributed by atoms with Crippen LogP contribution in [0.15, 0.2) is 0 Å². The fourth-order valence-corrected chi connectivity index (χ4v) is 3.35. The van der Waals surface area contributed by atoms with Crippen molar-refractivity contribution in [1.29, 1.82) is 0 Å². The van der Waals surface area contributed by atoms with Crippen LogP contribution in [-0.2, 0) is 0 Å². The second-order valence-corrected chi connectivity index (χ2v) is 5.94. The van der Waals surface area contributed by atoms with E-state index in [9.17, 15) is 0 Å². The second kappa shape index (κ2) is 5.03. The molecule has 0 aromatic carbocycles. The van der Waals surface area contributed by atoms with Crippen LogP contribution in [0.2, 0.25) is 0 Å². The van der Waals surface area contributed by atoms with Crippen molar-refractivity contribution < 1.29 is 0 Å². The summed E-state index contributed by atoms with van der Waals surface area (Å²) < 4.78 is 0. The fraction of sp³-hybridized carbons (Fsp3) is 1.00. The van der Waals surface area contributed by atoms with E-state index < -0.39 is 0 Å². The standard InChI is InChI=1S/C13H27N3/c1-12-4-3-7-16(8-5-12)13(10-14)6-9-15(2)11-13/h12H,3-11,14H2,1-2H3. The van der Waals surface area contributed by atoms with Gasteiger partial charge in [0.2, 0.25) is 0 Å². The number of hydrogen-bond donors (Lipinski definition) is 1. The number of hydrogen-bond acceptors (Lipinski definition) is 3. The summed E-state index contributed by atoms with van der Waals surface area (Å²) in [5.41, 5.74) is 6.37. The van der Waals surface area contributed by atoms with Gasteiger partial charge in [0.15, 0.2) is 0 Å². The van der Waals surface area contributed by atoms with Gasteiger partial charge in [0, 0.05) is 18.6 Å². The maximum Gasteiger partial charge on any atom is 0.0470 e. The molecular formula is C13H27N3. The Labute approximate surface area is 100.0 Å². The highest BCUT2D eigenvalue weighted by Gasteiger charge is 2.40. The highest BCUT2D eigenvalue weighted by Crippen LogP contribution is 2.29. The van der Waals surface area contributed by atoms with Crippen LogP contribution in [-0.4, -0.2) is 55.1 Å². The summed E-state index contributed by atoms with van der Waals surface area (Å²) in [4.78, 5) is 5.13. The van der Waals surface area contributed by atoms with E-state index in [1.807, 2.05) is 0 Å². The first-order valence-electron chi connectivity index (χ1n) is 6.80. The van der Waals surface area contributed by atoms with Crippen molar-refractivity contribution in [3.05, 3.63) is 0 Å². The summed E-state index contributed by atoms with van der Waals surface area (Å²) in [7, 11) is 2.22. The van der Waals surface area contributed by atoms with E-state index in [2.05, 4.69) is 23.8 Å². The van der Waals surface area contributed by atoms with Gasteiger partial charge in [0.05, 0.1) is 0 Å². The summed E-state index contributed by atoms with van der Waals surface area (Å²) in [5, 5.41) is 0. The molecule has 2 aliphatic rings. The van der Waals surface area contributed by atoms with Crippen LogP contribution in [0, 0.1) is 5.92 Å². The van der Waals surface area contributed by atoms with Crippen LogP contribution in [0.25, 0.3) is 0 Å². The zero-order valence-electron chi connectivity index (χ0n) is 10.9. The van der Waals surface area contributed by atoms with Crippen LogP contribution >= 0.6 is 0 Å². The highest BCUT2D eigenvalue weighted by molar-refractivity contribution is 4.99. The van der Waals surface area contributed by atoms with Crippen molar-refractivity contribution in [1.82, 2.24) is 9.80 Å². The van der Waals surface area contributed by atoms with Gasteiger partial charge in [0.25, 0.3) is 0 Å². The average Bonchev–Trinajstić information content (AvgIpc) is 2.52. The Morgan fingerprint density at radius 1 is 1.25 bits per heavy atom. The van der Waals surface area contributed by atoms with Crippen LogP contribution in [0.5, 0.6) is 0 Å². The average molecular weight is 225 g/mol. The molecule has 0 aromatic heterocycles. The van der Waals surface area contributed by atoms with E-state index in [0.29, 0.717) is 5.54 Å². The third kappa shape index (κ3) is 2.41. The largest absolute Gasteiger partial charge is 0.329 e. The van der Waals surface area contributed by atoms with Gasteiger partial charge in [-0.15, -0.1) is 0 Å². The summed E-state index contributed by atoms with van der Waals surface area (Å²) in [6, 6.07) is 0. The molecule has 2 aliphatic heterocycles. The smallest absolute Gasteiger partial charge is 0.0470 e. The molecule has 2 atom stereocenters. The molecule has 0 bridgehead atoms. The third-order valence-corrected chi connectivity index (χ3v) is 4.59. The maximum absolute atomic E-state index is 6.08. The molecule has 2 N–H and O–H groups in total. The Bertz CT molecular complexity index is 231. The van der Waals surface area contributed by atoms with Gasteiger partial charge in [-0.2, -0.15) is 0 Å². The molecule has 0 aromatic rings. The van der Waals surface area contributed by atoms with Gasteiger partial charge >= 0.3 is 0 Å². The minimum atomic E-state index is 0.290. The lowest BCUT2D eigenvalue weighted by atomic mass is 9.95. The Hall–Kier alpha value is -0.120. The molecular weight excluding hydrogens is 198 g/mol. The minimum Gasteiger partial charge on any atom is -0.329 e. The van der Waals surface area contributed by atoms with E-state index >= 15 is 0 Å². The van der Waals surface area contributed by atoms with E-state index in [1.165, 1.54) is 45.3 Å². The highest BCUT2D eigenvalue weighted by atomic mass is 15.3. The number of nitrogens with two attached hydrogens (primary N) is 1. The Morgan fingerprint density at radius 3 is 2.69 bits per heavy atom. The molecule has 0 radical (unpaired) electrons. The van der Waals surface area contributed by atoms with Gasteiger partial charge in [0.1, 0.15) is 0 Å². The Morgan fingerprint density at radius 2 is 2.06 bits per heavy atom. The zero-order chi connectivity index (χ0) is 11.6. The first-order valence-corrected chi connectivity index (χ1v) is 6.80. The van der Waals surface area contributed by atoms with Gasteiger partial charge in [-0.05, 0) is 58.3 Å². The number of likely N-dealkylation sites (tertiary alicyclic amines) is 2. The van der Waals surface area contributed by atoms with Crippen molar-refractivity contribution in [2.45, 2.75) is 38.1 Å². The molecule has 2 heterocycles. The lowest BCUT2D eigenvalue weighted by Crippen LogP contribution is -2.55. The molecule has 3 heteroatoms. The lowest BCUT2D eigenvalue weighted by molar-refractivity contribution is 0.105. The molecule has 16 heavy (non-hydrogen) atoms. The maximum atomic E-state index is 6.08. The predicted octanol–water partition coefficient (Wildman–Crippen LogP) is 1.14. The van der Waals surface area contributed by atoms with Gasteiger partial charge in [-0.3, -0.25) is 4.90 Å². The van der Waals surface area contributed by atoms with Crippen molar-refractivity contribution in [3.63, 3.8) is 0 Å². The van der Waals surface area contributed by atoms with Crippen LogP contribution in [0.3, 0.4) is 0 Å². The van der Waals surface area contributed by atoms with Crippen molar-refractivity contribution in [3.8, 4) is 0 Å². The zero-order valence-corrected chi connectivity index (χ0v) is 10.9. The van der Waals surface area contributed by atoms with Gasteiger partial charge in [-0.25, -0.2) is 0 Å². The SMILES string of the molecule is CC1CCCN(C2(CN)CCN(C)C2)CC1. The van der Waals surface area contributed by atoms with E-state index in [4.69, 9.17) is 5.73 Å².